The number of H-pyrrole nitrogens is 1. The Labute approximate surface area is 134 Å². The fourth-order valence-corrected chi connectivity index (χ4v) is 3.02. The van der Waals surface area contributed by atoms with Gasteiger partial charge in [0.05, 0.1) is 23.6 Å². The highest BCUT2D eigenvalue weighted by molar-refractivity contribution is 9.10. The van der Waals surface area contributed by atoms with Crippen LogP contribution in [-0.4, -0.2) is 20.2 Å². The molecule has 3 aromatic heterocycles. The van der Waals surface area contributed by atoms with Crippen LogP contribution >= 0.6 is 15.9 Å². The molecule has 0 aliphatic carbocycles. The summed E-state index contributed by atoms with van der Waals surface area (Å²) in [5, 5.41) is 12.3. The lowest BCUT2D eigenvalue weighted by Gasteiger charge is -2.09. The van der Waals surface area contributed by atoms with E-state index in [2.05, 4.69) is 59.6 Å². The maximum Gasteiger partial charge on any atom is 0.155 e. The van der Waals surface area contributed by atoms with Crippen LogP contribution in [0.4, 0.5) is 5.69 Å². The topological polar surface area (TPSA) is 66.5 Å². The summed E-state index contributed by atoms with van der Waals surface area (Å²) in [4.78, 5) is 8.81. The van der Waals surface area contributed by atoms with E-state index in [1.165, 1.54) is 0 Å². The van der Waals surface area contributed by atoms with Gasteiger partial charge in [-0.25, -0.2) is 4.98 Å². The molecule has 0 saturated heterocycles. The smallest absolute Gasteiger partial charge is 0.155 e. The second kappa shape index (κ2) is 5.38. The Kier molecular flexibility index (Phi) is 3.23. The molecular weight excluding hydrogens is 342 g/mol. The average molecular weight is 354 g/mol. The zero-order chi connectivity index (χ0) is 14.9. The summed E-state index contributed by atoms with van der Waals surface area (Å²) < 4.78 is 1.05. The molecule has 0 unspecified atom stereocenters. The minimum absolute atomic E-state index is 0.679. The molecule has 2 N–H and O–H groups in total. The molecule has 108 valence electrons. The predicted octanol–water partition coefficient (Wildman–Crippen LogP) is 3.88. The number of fused-ring (bicyclic) bond motifs is 2. The molecule has 0 fully saturated rings. The molecule has 22 heavy (non-hydrogen) atoms. The van der Waals surface area contributed by atoms with E-state index in [1.54, 1.807) is 12.4 Å². The number of benzene rings is 1. The second-order valence-electron chi connectivity index (χ2n) is 5.03. The first kappa shape index (κ1) is 13.2. The third-order valence-electron chi connectivity index (χ3n) is 3.52. The molecule has 4 rings (SSSR count). The van der Waals surface area contributed by atoms with Gasteiger partial charge in [-0.05, 0) is 29.8 Å². The van der Waals surface area contributed by atoms with Crippen LogP contribution < -0.4 is 5.32 Å². The number of nitrogens with zero attached hydrogens (tertiary/aromatic N) is 3. The minimum Gasteiger partial charge on any atom is -0.380 e. The zero-order valence-corrected chi connectivity index (χ0v) is 13.1. The Balaban J connectivity index is 1.65. The Morgan fingerprint density at radius 3 is 3.00 bits per heavy atom. The first-order valence-electron chi connectivity index (χ1n) is 6.86. The number of aromatic nitrogens is 4. The van der Waals surface area contributed by atoms with Gasteiger partial charge in [0.2, 0.25) is 0 Å². The molecule has 0 spiro atoms. The van der Waals surface area contributed by atoms with E-state index in [0.29, 0.717) is 6.54 Å². The summed E-state index contributed by atoms with van der Waals surface area (Å²) in [7, 11) is 0. The molecule has 3 heterocycles. The van der Waals surface area contributed by atoms with Gasteiger partial charge in [-0.1, -0.05) is 22.0 Å². The molecule has 0 saturated carbocycles. The summed E-state index contributed by atoms with van der Waals surface area (Å²) in [5.41, 5.74) is 3.89. The van der Waals surface area contributed by atoms with E-state index in [0.717, 1.165) is 37.7 Å². The summed E-state index contributed by atoms with van der Waals surface area (Å²) in [6.07, 6.45) is 5.39. The first-order chi connectivity index (χ1) is 10.8. The van der Waals surface area contributed by atoms with Crippen molar-refractivity contribution in [2.75, 3.05) is 5.32 Å². The van der Waals surface area contributed by atoms with E-state index in [-0.39, 0.29) is 0 Å². The Hall–Kier alpha value is -2.47. The maximum absolute atomic E-state index is 4.48. The molecule has 0 aliphatic rings. The predicted molar refractivity (Wildman–Crippen MR) is 90.7 cm³/mol. The van der Waals surface area contributed by atoms with Crippen molar-refractivity contribution in [3.63, 3.8) is 0 Å². The van der Waals surface area contributed by atoms with Crippen LogP contribution in [0.15, 0.2) is 53.4 Å². The number of halogens is 1. The average Bonchev–Trinajstić information content (AvgIpc) is 3.00. The highest BCUT2D eigenvalue weighted by Gasteiger charge is 2.05. The largest absolute Gasteiger partial charge is 0.380 e. The lowest BCUT2D eigenvalue weighted by molar-refractivity contribution is 1.09. The van der Waals surface area contributed by atoms with Gasteiger partial charge in [0.15, 0.2) is 5.65 Å². The van der Waals surface area contributed by atoms with E-state index in [4.69, 9.17) is 0 Å². The molecule has 4 aromatic rings. The molecule has 0 radical (unpaired) electrons. The minimum atomic E-state index is 0.679. The molecular formula is C16H12BrN5. The lowest BCUT2D eigenvalue weighted by atomic mass is 10.1. The lowest BCUT2D eigenvalue weighted by Crippen LogP contribution is -2.01. The quantitative estimate of drug-likeness (QED) is 0.586. The Morgan fingerprint density at radius 2 is 2.05 bits per heavy atom. The van der Waals surface area contributed by atoms with Crippen molar-refractivity contribution in [1.82, 2.24) is 20.2 Å². The number of hydrogen-bond donors (Lipinski definition) is 2. The number of hydrogen-bond acceptors (Lipinski definition) is 4. The molecule has 5 nitrogen and oxygen atoms in total. The van der Waals surface area contributed by atoms with E-state index >= 15 is 0 Å². The van der Waals surface area contributed by atoms with Gasteiger partial charge in [0.1, 0.15) is 0 Å². The van der Waals surface area contributed by atoms with Crippen LogP contribution in [0.3, 0.4) is 0 Å². The van der Waals surface area contributed by atoms with Gasteiger partial charge < -0.3 is 5.32 Å². The monoisotopic (exact) mass is 353 g/mol. The summed E-state index contributed by atoms with van der Waals surface area (Å²) in [6, 6.07) is 10.2. The van der Waals surface area contributed by atoms with Gasteiger partial charge >= 0.3 is 0 Å². The third-order valence-corrected chi connectivity index (χ3v) is 3.98. The number of rotatable bonds is 3. The molecule has 6 heteroatoms. The second-order valence-corrected chi connectivity index (χ2v) is 5.94. The van der Waals surface area contributed by atoms with Crippen LogP contribution in [0.1, 0.15) is 5.56 Å². The van der Waals surface area contributed by atoms with Crippen molar-refractivity contribution in [3.8, 4) is 0 Å². The number of pyridine rings is 2. The third kappa shape index (κ3) is 2.42. The zero-order valence-electron chi connectivity index (χ0n) is 11.5. The van der Waals surface area contributed by atoms with Gasteiger partial charge in [-0.2, -0.15) is 5.10 Å². The highest BCUT2D eigenvalue weighted by atomic mass is 79.9. The van der Waals surface area contributed by atoms with Crippen molar-refractivity contribution in [2.45, 2.75) is 6.54 Å². The van der Waals surface area contributed by atoms with Crippen LogP contribution in [0.25, 0.3) is 21.9 Å². The van der Waals surface area contributed by atoms with Crippen molar-refractivity contribution in [3.05, 3.63) is 59.0 Å². The van der Waals surface area contributed by atoms with Crippen LogP contribution in [0.5, 0.6) is 0 Å². The van der Waals surface area contributed by atoms with Crippen LogP contribution in [-0.2, 0) is 6.54 Å². The Morgan fingerprint density at radius 1 is 1.09 bits per heavy atom. The van der Waals surface area contributed by atoms with Gasteiger partial charge in [0.25, 0.3) is 0 Å². The van der Waals surface area contributed by atoms with Gasteiger partial charge in [0, 0.05) is 28.0 Å². The van der Waals surface area contributed by atoms with Crippen LogP contribution in [0, 0.1) is 0 Å². The number of aromatic amines is 1. The van der Waals surface area contributed by atoms with Gasteiger partial charge in [-0.15, -0.1) is 0 Å². The molecule has 0 amide bonds. The van der Waals surface area contributed by atoms with E-state index in [9.17, 15) is 0 Å². The Bertz CT molecular complexity index is 963. The number of anilines is 1. The molecule has 0 aliphatic heterocycles. The summed E-state index contributed by atoms with van der Waals surface area (Å²) >= 11 is 3.56. The van der Waals surface area contributed by atoms with Crippen molar-refractivity contribution in [1.29, 1.82) is 0 Å². The summed E-state index contributed by atoms with van der Waals surface area (Å²) in [6.45, 7) is 0.679. The normalized spacial score (nSPS) is 11.1. The van der Waals surface area contributed by atoms with Crippen molar-refractivity contribution in [2.24, 2.45) is 0 Å². The van der Waals surface area contributed by atoms with Crippen molar-refractivity contribution < 1.29 is 0 Å². The highest BCUT2D eigenvalue weighted by Crippen LogP contribution is 2.23. The standard InChI is InChI=1S/C16H12BrN5/c17-13-4-10-2-1-3-18-15(10)11(5-13)7-19-14-6-12-8-21-22-16(12)20-9-14/h1-6,8-9,19H,7H2,(H,20,21,22). The van der Waals surface area contributed by atoms with Crippen LogP contribution in [0.2, 0.25) is 0 Å². The van der Waals surface area contributed by atoms with E-state index < -0.39 is 0 Å². The first-order valence-corrected chi connectivity index (χ1v) is 7.65. The molecule has 0 atom stereocenters. The number of nitrogens with one attached hydrogen (secondary N) is 2. The summed E-state index contributed by atoms with van der Waals surface area (Å²) in [5.74, 6) is 0. The maximum atomic E-state index is 4.48. The fourth-order valence-electron chi connectivity index (χ4n) is 2.49. The van der Waals surface area contributed by atoms with Gasteiger partial charge in [-0.3, -0.25) is 10.1 Å². The van der Waals surface area contributed by atoms with Crippen molar-refractivity contribution >= 4 is 43.6 Å². The fraction of sp³-hybridized carbons (Fsp3) is 0.0625. The SMILES string of the molecule is Brc1cc(CNc2cnc3[nH]ncc3c2)c2ncccc2c1. The van der Waals surface area contributed by atoms with E-state index in [1.807, 2.05) is 18.3 Å². The molecule has 0 bridgehead atoms. The molecule has 1 aromatic carbocycles.